The summed E-state index contributed by atoms with van der Waals surface area (Å²) in [5.41, 5.74) is 1.75. The number of carbonyl (C=O) groups excluding carboxylic acids is 2. The molecule has 0 bridgehead atoms. The minimum Gasteiger partial charge on any atom is -0.346 e. The number of fused-ring (bicyclic) bond motifs is 1. The maximum absolute atomic E-state index is 13.4. The summed E-state index contributed by atoms with van der Waals surface area (Å²) in [4.78, 5) is 33.6. The number of aromatic nitrogens is 3. The van der Waals surface area contributed by atoms with Gasteiger partial charge in [-0.1, -0.05) is 18.2 Å². The van der Waals surface area contributed by atoms with Gasteiger partial charge in [-0.05, 0) is 42.0 Å². The van der Waals surface area contributed by atoms with Crippen LogP contribution in [-0.4, -0.2) is 26.2 Å². The van der Waals surface area contributed by atoms with E-state index >= 15 is 0 Å². The molecule has 1 aromatic carbocycles. The fourth-order valence-corrected chi connectivity index (χ4v) is 2.89. The van der Waals surface area contributed by atoms with Crippen LogP contribution in [0.5, 0.6) is 0 Å². The van der Waals surface area contributed by atoms with E-state index in [-0.39, 0.29) is 18.1 Å². The van der Waals surface area contributed by atoms with E-state index in [4.69, 9.17) is 0 Å². The monoisotopic (exact) mass is 389 g/mol. The van der Waals surface area contributed by atoms with Gasteiger partial charge < -0.3 is 10.6 Å². The summed E-state index contributed by atoms with van der Waals surface area (Å²) in [6.45, 7) is 0.281. The lowest BCUT2D eigenvalue weighted by atomic mass is 10.2. The normalized spacial score (nSPS) is 10.7. The summed E-state index contributed by atoms with van der Waals surface area (Å²) in [5.74, 6) is -1.41. The highest BCUT2D eigenvalue weighted by molar-refractivity contribution is 6.06. The Morgan fingerprint density at radius 3 is 2.72 bits per heavy atom. The van der Waals surface area contributed by atoms with Crippen LogP contribution in [0.25, 0.3) is 5.52 Å². The number of nitrogens with one attached hydrogen (secondary N) is 2. The molecule has 0 aliphatic heterocycles. The van der Waals surface area contributed by atoms with Crippen LogP contribution < -0.4 is 10.6 Å². The third-order valence-electron chi connectivity index (χ3n) is 4.22. The zero-order valence-corrected chi connectivity index (χ0v) is 15.2. The van der Waals surface area contributed by atoms with Gasteiger partial charge in [-0.25, -0.2) is 9.37 Å². The van der Waals surface area contributed by atoms with E-state index in [1.807, 2.05) is 6.07 Å². The number of imidazole rings is 1. The average molecular weight is 389 g/mol. The first kappa shape index (κ1) is 18.3. The van der Waals surface area contributed by atoms with Crippen molar-refractivity contribution in [2.45, 2.75) is 6.54 Å². The Hall–Kier alpha value is -4.07. The minimum atomic E-state index is -0.553. The number of halogens is 1. The Morgan fingerprint density at radius 1 is 1.03 bits per heavy atom. The van der Waals surface area contributed by atoms with Crippen molar-refractivity contribution in [1.82, 2.24) is 19.7 Å². The SMILES string of the molecule is O=C(NCc1cccnc1)c1nc(C(=O)Nc2cccc(F)c2)n2ccccc12. The van der Waals surface area contributed by atoms with E-state index in [1.54, 1.807) is 48.9 Å². The van der Waals surface area contributed by atoms with Crippen LogP contribution in [0.3, 0.4) is 0 Å². The Labute approximate surface area is 165 Å². The average Bonchev–Trinajstić information content (AvgIpc) is 3.13. The highest BCUT2D eigenvalue weighted by Crippen LogP contribution is 2.16. The fourth-order valence-electron chi connectivity index (χ4n) is 2.89. The molecule has 0 radical (unpaired) electrons. The highest BCUT2D eigenvalue weighted by atomic mass is 19.1. The van der Waals surface area contributed by atoms with Gasteiger partial charge in [-0.3, -0.25) is 19.0 Å². The molecule has 0 fully saturated rings. The molecule has 0 unspecified atom stereocenters. The van der Waals surface area contributed by atoms with Crippen LogP contribution in [-0.2, 0) is 6.54 Å². The van der Waals surface area contributed by atoms with Crippen molar-refractivity contribution >= 4 is 23.0 Å². The molecule has 8 heteroatoms. The van der Waals surface area contributed by atoms with E-state index in [0.29, 0.717) is 11.2 Å². The van der Waals surface area contributed by atoms with Crippen LogP contribution in [0.2, 0.25) is 0 Å². The van der Waals surface area contributed by atoms with Crippen molar-refractivity contribution in [1.29, 1.82) is 0 Å². The van der Waals surface area contributed by atoms with E-state index < -0.39 is 17.6 Å². The third-order valence-corrected chi connectivity index (χ3v) is 4.22. The summed E-state index contributed by atoms with van der Waals surface area (Å²) in [5, 5.41) is 5.38. The van der Waals surface area contributed by atoms with E-state index in [2.05, 4.69) is 20.6 Å². The van der Waals surface area contributed by atoms with Gasteiger partial charge >= 0.3 is 0 Å². The molecule has 2 N–H and O–H groups in total. The number of rotatable bonds is 5. The lowest BCUT2D eigenvalue weighted by molar-refractivity contribution is 0.0948. The van der Waals surface area contributed by atoms with Crippen molar-refractivity contribution < 1.29 is 14.0 Å². The third kappa shape index (κ3) is 3.96. The first-order chi connectivity index (χ1) is 14.1. The largest absolute Gasteiger partial charge is 0.346 e. The zero-order valence-electron chi connectivity index (χ0n) is 15.2. The molecule has 144 valence electrons. The Morgan fingerprint density at radius 2 is 1.93 bits per heavy atom. The predicted octanol–water partition coefficient (Wildman–Crippen LogP) is 3.05. The van der Waals surface area contributed by atoms with Gasteiger partial charge in [0.1, 0.15) is 5.82 Å². The Balaban J connectivity index is 1.61. The second kappa shape index (κ2) is 7.89. The molecule has 0 saturated heterocycles. The van der Waals surface area contributed by atoms with Crippen molar-refractivity contribution in [3.8, 4) is 0 Å². The maximum atomic E-state index is 13.4. The first-order valence-electron chi connectivity index (χ1n) is 8.83. The van der Waals surface area contributed by atoms with Crippen molar-refractivity contribution in [2.24, 2.45) is 0 Å². The first-order valence-corrected chi connectivity index (χ1v) is 8.83. The molecule has 0 atom stereocenters. The van der Waals surface area contributed by atoms with Gasteiger partial charge in [0.2, 0.25) is 5.82 Å². The number of carbonyl (C=O) groups is 2. The molecule has 0 aliphatic rings. The highest BCUT2D eigenvalue weighted by Gasteiger charge is 2.21. The predicted molar refractivity (Wildman–Crippen MR) is 105 cm³/mol. The summed E-state index contributed by atoms with van der Waals surface area (Å²) >= 11 is 0. The summed E-state index contributed by atoms with van der Waals surface area (Å²) < 4.78 is 14.9. The number of anilines is 1. The van der Waals surface area contributed by atoms with Gasteiger partial charge in [-0.2, -0.15) is 0 Å². The molecule has 29 heavy (non-hydrogen) atoms. The standard InChI is InChI=1S/C21H16FN5O2/c22-15-6-3-7-16(11-15)25-21(29)19-26-18(17-8-1-2-10-27(17)19)20(28)24-13-14-5-4-9-23-12-14/h1-12H,13H2,(H,24,28)(H,25,29). The summed E-state index contributed by atoms with van der Waals surface area (Å²) in [6, 6.07) is 14.3. The Bertz CT molecular complexity index is 1190. The number of hydrogen-bond acceptors (Lipinski definition) is 4. The van der Waals surface area contributed by atoms with Gasteiger partial charge in [0, 0.05) is 30.8 Å². The molecule has 3 aromatic heterocycles. The number of nitrogens with zero attached hydrogens (tertiary/aromatic N) is 3. The summed E-state index contributed by atoms with van der Waals surface area (Å²) in [6.07, 6.45) is 4.95. The molecule has 2 amide bonds. The Kier molecular flexibility index (Phi) is 4.98. The maximum Gasteiger partial charge on any atom is 0.292 e. The van der Waals surface area contributed by atoms with E-state index in [9.17, 15) is 14.0 Å². The lowest BCUT2D eigenvalue weighted by Gasteiger charge is -2.04. The lowest BCUT2D eigenvalue weighted by Crippen LogP contribution is -2.23. The van der Waals surface area contributed by atoms with Crippen molar-refractivity contribution in [3.63, 3.8) is 0 Å². The van der Waals surface area contributed by atoms with Crippen molar-refractivity contribution in [2.75, 3.05) is 5.32 Å². The molecular formula is C21H16FN5O2. The molecular weight excluding hydrogens is 373 g/mol. The molecule has 0 spiro atoms. The number of hydrogen-bond donors (Lipinski definition) is 2. The fraction of sp³-hybridized carbons (Fsp3) is 0.0476. The van der Waals surface area contributed by atoms with Gasteiger partial charge in [0.05, 0.1) is 5.52 Å². The minimum absolute atomic E-state index is 0.0244. The molecule has 0 aliphatic carbocycles. The quantitative estimate of drug-likeness (QED) is 0.549. The second-order valence-electron chi connectivity index (χ2n) is 6.25. The van der Waals surface area contributed by atoms with E-state index in [0.717, 1.165) is 5.56 Å². The van der Waals surface area contributed by atoms with E-state index in [1.165, 1.54) is 22.6 Å². The van der Waals surface area contributed by atoms with Crippen LogP contribution in [0.15, 0.2) is 73.2 Å². The van der Waals surface area contributed by atoms with Gasteiger partial charge in [0.25, 0.3) is 11.8 Å². The van der Waals surface area contributed by atoms with Crippen LogP contribution in [0, 0.1) is 5.82 Å². The molecule has 7 nitrogen and oxygen atoms in total. The van der Waals surface area contributed by atoms with Crippen molar-refractivity contribution in [3.05, 3.63) is 96.1 Å². The summed E-state index contributed by atoms with van der Waals surface area (Å²) in [7, 11) is 0. The molecule has 0 saturated carbocycles. The molecule has 3 heterocycles. The number of pyridine rings is 2. The zero-order chi connectivity index (χ0) is 20.2. The van der Waals surface area contributed by atoms with Gasteiger partial charge in [0.15, 0.2) is 5.69 Å². The van der Waals surface area contributed by atoms with Crippen LogP contribution in [0.4, 0.5) is 10.1 Å². The molecule has 4 aromatic rings. The molecule has 4 rings (SSSR count). The van der Waals surface area contributed by atoms with Crippen LogP contribution >= 0.6 is 0 Å². The smallest absolute Gasteiger partial charge is 0.292 e. The number of benzene rings is 1. The van der Waals surface area contributed by atoms with Crippen LogP contribution in [0.1, 0.15) is 26.7 Å². The second-order valence-corrected chi connectivity index (χ2v) is 6.25. The van der Waals surface area contributed by atoms with Gasteiger partial charge in [-0.15, -0.1) is 0 Å². The topological polar surface area (TPSA) is 88.4 Å². The number of amides is 2.